The Hall–Kier alpha value is -1.42. The first-order valence-electron chi connectivity index (χ1n) is 8.32. The van der Waals surface area contributed by atoms with Gasteiger partial charge in [-0.25, -0.2) is 0 Å². The number of esters is 1. The Balaban J connectivity index is 2.44. The molecule has 4 heteroatoms. The number of ketones is 1. The van der Waals surface area contributed by atoms with Gasteiger partial charge in [-0.1, -0.05) is 44.4 Å². The van der Waals surface area contributed by atoms with E-state index in [1.165, 1.54) is 0 Å². The van der Waals surface area contributed by atoms with Crippen molar-refractivity contribution in [2.45, 2.75) is 58.5 Å². The predicted molar refractivity (Wildman–Crippen MR) is 86.3 cm³/mol. The molecule has 0 aromatic carbocycles. The molecule has 0 amide bonds. The molecule has 0 radical (unpaired) electrons. The minimum absolute atomic E-state index is 0.0252. The highest BCUT2D eigenvalue weighted by molar-refractivity contribution is 5.95. The van der Waals surface area contributed by atoms with Gasteiger partial charge in [0.15, 0.2) is 5.78 Å². The highest BCUT2D eigenvalue weighted by atomic mass is 16.5. The molecule has 4 nitrogen and oxygen atoms in total. The summed E-state index contributed by atoms with van der Waals surface area (Å²) < 4.78 is 4.90. The lowest BCUT2D eigenvalue weighted by atomic mass is 9.89. The van der Waals surface area contributed by atoms with E-state index in [-0.39, 0.29) is 30.0 Å². The smallest absolute Gasteiger partial charge is 0.305 e. The lowest BCUT2D eigenvalue weighted by Crippen LogP contribution is -2.17. The Morgan fingerprint density at radius 3 is 2.86 bits per heavy atom. The average Bonchev–Trinajstić information content (AvgIpc) is 2.84. The third-order valence-corrected chi connectivity index (χ3v) is 3.94. The van der Waals surface area contributed by atoms with Gasteiger partial charge >= 0.3 is 5.97 Å². The number of carbonyl (C=O) groups is 2. The van der Waals surface area contributed by atoms with Crippen molar-refractivity contribution in [1.82, 2.24) is 0 Å². The van der Waals surface area contributed by atoms with E-state index in [2.05, 4.69) is 6.92 Å². The molecule has 0 fully saturated rings. The molecular formula is C18H28O4. The van der Waals surface area contributed by atoms with E-state index in [0.717, 1.165) is 25.7 Å². The van der Waals surface area contributed by atoms with Crippen molar-refractivity contribution in [3.8, 4) is 0 Å². The third-order valence-electron chi connectivity index (χ3n) is 3.94. The molecule has 0 bridgehead atoms. The standard InChI is InChI=1S/C18H28O4/c1-3-5-6-7-15(19)10-8-14-9-12-17(20)16(14)11-13-18(21)22-4-2/h8-10,12,14-16,19H,3-7,11,13H2,1-2H3. The number of aliphatic hydroxyl groups excluding tert-OH is 1. The molecule has 0 heterocycles. The van der Waals surface area contributed by atoms with Crippen LogP contribution in [0.15, 0.2) is 24.3 Å². The van der Waals surface area contributed by atoms with Crippen molar-refractivity contribution in [3.05, 3.63) is 24.3 Å². The summed E-state index contributed by atoms with van der Waals surface area (Å²) in [5.41, 5.74) is 0. The fourth-order valence-electron chi connectivity index (χ4n) is 2.65. The van der Waals surface area contributed by atoms with Gasteiger partial charge < -0.3 is 9.84 Å². The zero-order valence-electron chi connectivity index (χ0n) is 13.7. The van der Waals surface area contributed by atoms with Crippen LogP contribution in [0.1, 0.15) is 52.4 Å². The van der Waals surface area contributed by atoms with E-state index in [0.29, 0.717) is 13.0 Å². The van der Waals surface area contributed by atoms with Crippen molar-refractivity contribution in [3.63, 3.8) is 0 Å². The number of allylic oxidation sites excluding steroid dienone is 3. The maximum Gasteiger partial charge on any atom is 0.305 e. The summed E-state index contributed by atoms with van der Waals surface area (Å²) in [5.74, 6) is -0.435. The van der Waals surface area contributed by atoms with Crippen molar-refractivity contribution >= 4 is 11.8 Å². The van der Waals surface area contributed by atoms with E-state index in [4.69, 9.17) is 4.74 Å². The van der Waals surface area contributed by atoms with Gasteiger partial charge in [0.05, 0.1) is 12.7 Å². The second kappa shape index (κ2) is 10.3. The van der Waals surface area contributed by atoms with E-state index >= 15 is 0 Å². The maximum absolute atomic E-state index is 11.9. The number of rotatable bonds is 10. The topological polar surface area (TPSA) is 63.6 Å². The molecule has 1 N–H and O–H groups in total. The predicted octanol–water partition coefficient (Wildman–Crippen LogP) is 3.20. The molecular weight excluding hydrogens is 280 g/mol. The second-order valence-electron chi connectivity index (χ2n) is 5.74. The van der Waals surface area contributed by atoms with Crippen molar-refractivity contribution in [1.29, 1.82) is 0 Å². The number of ether oxygens (including phenoxy) is 1. The van der Waals surface area contributed by atoms with Crippen LogP contribution in [0.5, 0.6) is 0 Å². The minimum atomic E-state index is -0.457. The highest BCUT2D eigenvalue weighted by Crippen LogP contribution is 2.28. The van der Waals surface area contributed by atoms with Gasteiger partial charge in [-0.2, -0.15) is 0 Å². The fourth-order valence-corrected chi connectivity index (χ4v) is 2.65. The Kier molecular flexibility index (Phi) is 8.75. The lowest BCUT2D eigenvalue weighted by molar-refractivity contribution is -0.143. The van der Waals surface area contributed by atoms with Gasteiger partial charge in [0.1, 0.15) is 0 Å². The number of carbonyl (C=O) groups excluding carboxylic acids is 2. The molecule has 1 aliphatic rings. The Morgan fingerprint density at radius 1 is 1.41 bits per heavy atom. The summed E-state index contributed by atoms with van der Waals surface area (Å²) in [6.07, 6.45) is 11.4. The molecule has 3 unspecified atom stereocenters. The second-order valence-corrected chi connectivity index (χ2v) is 5.74. The largest absolute Gasteiger partial charge is 0.466 e. The van der Waals surface area contributed by atoms with Crippen molar-refractivity contribution < 1.29 is 19.4 Å². The van der Waals surface area contributed by atoms with Crippen LogP contribution in [0.2, 0.25) is 0 Å². The molecule has 0 spiro atoms. The van der Waals surface area contributed by atoms with Crippen LogP contribution in [0.3, 0.4) is 0 Å². The van der Waals surface area contributed by atoms with Crippen LogP contribution in [0.4, 0.5) is 0 Å². The first-order chi connectivity index (χ1) is 10.6. The number of hydrogen-bond acceptors (Lipinski definition) is 4. The molecule has 1 aliphatic carbocycles. The van der Waals surface area contributed by atoms with Gasteiger partial charge in [0.2, 0.25) is 0 Å². The van der Waals surface area contributed by atoms with Crippen LogP contribution < -0.4 is 0 Å². The normalized spacial score (nSPS) is 22.4. The summed E-state index contributed by atoms with van der Waals surface area (Å²) in [5, 5.41) is 9.91. The first kappa shape index (κ1) is 18.6. The van der Waals surface area contributed by atoms with Crippen molar-refractivity contribution in [2.24, 2.45) is 11.8 Å². The van der Waals surface area contributed by atoms with E-state index < -0.39 is 6.10 Å². The molecule has 124 valence electrons. The lowest BCUT2D eigenvalue weighted by Gasteiger charge is -2.15. The molecule has 22 heavy (non-hydrogen) atoms. The molecule has 0 saturated carbocycles. The number of aliphatic hydroxyl groups is 1. The summed E-state index contributed by atoms with van der Waals surface area (Å²) in [6.45, 7) is 4.26. The zero-order chi connectivity index (χ0) is 16.4. The minimum Gasteiger partial charge on any atom is -0.466 e. The van der Waals surface area contributed by atoms with Crippen LogP contribution in [-0.2, 0) is 14.3 Å². The third kappa shape index (κ3) is 6.56. The Bertz CT molecular complexity index is 411. The van der Waals surface area contributed by atoms with Gasteiger partial charge in [-0.15, -0.1) is 0 Å². The SMILES string of the molecule is CCCCCC(O)C=CC1C=CC(=O)C1CCC(=O)OCC. The number of hydrogen-bond donors (Lipinski definition) is 1. The molecule has 0 aromatic rings. The molecule has 0 aromatic heterocycles. The van der Waals surface area contributed by atoms with Gasteiger partial charge in [0, 0.05) is 18.3 Å². The van der Waals surface area contributed by atoms with Gasteiger partial charge in [-0.3, -0.25) is 9.59 Å². The maximum atomic E-state index is 11.9. The molecule has 3 atom stereocenters. The quantitative estimate of drug-likeness (QED) is 0.382. The molecule has 0 aliphatic heterocycles. The summed E-state index contributed by atoms with van der Waals surface area (Å²) in [6, 6.07) is 0. The van der Waals surface area contributed by atoms with Gasteiger partial charge in [0.25, 0.3) is 0 Å². The number of unbranched alkanes of at least 4 members (excludes halogenated alkanes) is 2. The summed E-state index contributed by atoms with van der Waals surface area (Å²) >= 11 is 0. The zero-order valence-corrected chi connectivity index (χ0v) is 13.7. The summed E-state index contributed by atoms with van der Waals surface area (Å²) in [4.78, 5) is 23.3. The van der Waals surface area contributed by atoms with Gasteiger partial charge in [-0.05, 0) is 25.8 Å². The molecule has 0 saturated heterocycles. The molecule has 1 rings (SSSR count). The van der Waals surface area contributed by atoms with E-state index in [1.807, 2.05) is 12.2 Å². The fraction of sp³-hybridized carbons (Fsp3) is 0.667. The van der Waals surface area contributed by atoms with Crippen LogP contribution in [-0.4, -0.2) is 29.6 Å². The summed E-state index contributed by atoms with van der Waals surface area (Å²) in [7, 11) is 0. The van der Waals surface area contributed by atoms with Crippen LogP contribution in [0, 0.1) is 11.8 Å². The van der Waals surface area contributed by atoms with Crippen LogP contribution >= 0.6 is 0 Å². The average molecular weight is 308 g/mol. The van der Waals surface area contributed by atoms with E-state index in [9.17, 15) is 14.7 Å². The Labute approximate surface area is 133 Å². The van der Waals surface area contributed by atoms with Crippen molar-refractivity contribution in [2.75, 3.05) is 6.61 Å². The monoisotopic (exact) mass is 308 g/mol. The Morgan fingerprint density at radius 2 is 2.18 bits per heavy atom. The van der Waals surface area contributed by atoms with Crippen LogP contribution in [0.25, 0.3) is 0 Å². The highest BCUT2D eigenvalue weighted by Gasteiger charge is 2.28. The first-order valence-corrected chi connectivity index (χ1v) is 8.32. The van der Waals surface area contributed by atoms with E-state index in [1.54, 1.807) is 19.1 Å².